The van der Waals surface area contributed by atoms with Gasteiger partial charge in [-0.1, -0.05) is 12.1 Å². The van der Waals surface area contributed by atoms with Crippen molar-refractivity contribution in [2.75, 3.05) is 0 Å². The highest BCUT2D eigenvalue weighted by Crippen LogP contribution is 2.27. The van der Waals surface area contributed by atoms with Gasteiger partial charge in [0.1, 0.15) is 11.4 Å². The monoisotopic (exact) mass is 399 g/mol. The van der Waals surface area contributed by atoms with E-state index < -0.39 is 17.8 Å². The van der Waals surface area contributed by atoms with Crippen molar-refractivity contribution in [3.63, 3.8) is 0 Å². The summed E-state index contributed by atoms with van der Waals surface area (Å²) in [4.78, 5) is 45.5. The molecular weight excluding hydrogens is 382 g/mol. The van der Waals surface area contributed by atoms with Crippen LogP contribution in [-0.2, 0) is 16.1 Å². The zero-order valence-corrected chi connectivity index (χ0v) is 16.3. The predicted molar refractivity (Wildman–Crippen MR) is 105 cm³/mol. The van der Waals surface area contributed by atoms with Gasteiger partial charge < -0.3 is 14.1 Å². The van der Waals surface area contributed by atoms with Gasteiger partial charge in [0.05, 0.1) is 10.9 Å². The third-order valence-corrected chi connectivity index (χ3v) is 5.71. The first kappa shape index (κ1) is 18.2. The summed E-state index contributed by atoms with van der Waals surface area (Å²) >= 11 is 1.42. The first-order valence-corrected chi connectivity index (χ1v) is 9.44. The molecule has 3 aromatic heterocycles. The number of para-hydroxylation sites is 2. The van der Waals surface area contributed by atoms with Crippen molar-refractivity contribution in [2.45, 2.75) is 33.4 Å². The minimum Gasteiger partial charge on any atom is -0.453 e. The molecule has 1 N–H and O–H groups in total. The summed E-state index contributed by atoms with van der Waals surface area (Å²) in [7, 11) is 0. The van der Waals surface area contributed by atoms with Crippen molar-refractivity contribution < 1.29 is 13.9 Å². The number of nitrogens with one attached hydrogen (secondary N) is 1. The van der Waals surface area contributed by atoms with Crippen LogP contribution in [0.5, 0.6) is 0 Å². The summed E-state index contributed by atoms with van der Waals surface area (Å²) in [6.07, 6.45) is -0.777. The van der Waals surface area contributed by atoms with Crippen LogP contribution in [0.15, 0.2) is 38.3 Å². The van der Waals surface area contributed by atoms with Crippen LogP contribution in [0.3, 0.4) is 0 Å². The number of aryl methyl sites for hydroxylation is 2. The van der Waals surface area contributed by atoms with E-state index >= 15 is 0 Å². The summed E-state index contributed by atoms with van der Waals surface area (Å²) in [6, 6.07) is 6.82. The van der Waals surface area contributed by atoms with E-state index in [-0.39, 0.29) is 17.9 Å². The average molecular weight is 399 g/mol. The fraction of sp³-hybridized carbons (Fsp3) is 0.263. The second-order valence-corrected chi connectivity index (χ2v) is 7.67. The third kappa shape index (κ3) is 3.03. The summed E-state index contributed by atoms with van der Waals surface area (Å²) in [5, 5.41) is 0.557. The van der Waals surface area contributed by atoms with Crippen LogP contribution >= 0.6 is 11.3 Å². The van der Waals surface area contributed by atoms with Crippen molar-refractivity contribution in [3.05, 3.63) is 61.4 Å². The Bertz CT molecular complexity index is 1330. The van der Waals surface area contributed by atoms with E-state index in [1.54, 1.807) is 31.2 Å². The molecule has 0 amide bonds. The van der Waals surface area contributed by atoms with Crippen molar-refractivity contribution in [3.8, 4) is 0 Å². The van der Waals surface area contributed by atoms with Gasteiger partial charge in [-0.05, 0) is 38.5 Å². The summed E-state index contributed by atoms with van der Waals surface area (Å²) < 4.78 is 11.7. The number of oxazole rings is 1. The quantitative estimate of drug-likeness (QED) is 0.529. The zero-order valence-electron chi connectivity index (χ0n) is 15.4. The maximum absolute atomic E-state index is 12.4. The maximum Gasteiger partial charge on any atom is 0.420 e. The molecule has 0 radical (unpaired) electrons. The normalized spacial score (nSPS) is 12.5. The number of benzene rings is 1. The van der Waals surface area contributed by atoms with Gasteiger partial charge in [-0.25, -0.2) is 9.78 Å². The van der Waals surface area contributed by atoms with Crippen molar-refractivity contribution in [1.82, 2.24) is 14.5 Å². The fourth-order valence-electron chi connectivity index (χ4n) is 3.05. The molecule has 28 heavy (non-hydrogen) atoms. The number of carbonyl (C=O) groups is 1. The first-order chi connectivity index (χ1) is 13.3. The molecule has 0 bridgehead atoms. The van der Waals surface area contributed by atoms with Crippen LogP contribution in [0.2, 0.25) is 0 Å². The Balaban J connectivity index is 1.58. The SMILES string of the molecule is Cc1sc2nc([C@@H](C)OC(=O)Cn3c(=O)oc4ccccc43)[nH]c(=O)c2c1C. The summed E-state index contributed by atoms with van der Waals surface area (Å²) in [6.45, 7) is 5.12. The molecule has 0 unspecified atom stereocenters. The number of thiophene rings is 1. The van der Waals surface area contributed by atoms with Gasteiger partial charge in [0.2, 0.25) is 0 Å². The molecule has 0 spiro atoms. The molecule has 0 saturated carbocycles. The van der Waals surface area contributed by atoms with Crippen LogP contribution in [-0.4, -0.2) is 20.5 Å². The average Bonchev–Trinajstić information content (AvgIpc) is 3.11. The summed E-state index contributed by atoms with van der Waals surface area (Å²) in [5.41, 5.74) is 1.54. The van der Waals surface area contributed by atoms with E-state index in [2.05, 4.69) is 9.97 Å². The fourth-order valence-corrected chi connectivity index (χ4v) is 4.08. The second-order valence-electron chi connectivity index (χ2n) is 6.47. The Morgan fingerprint density at radius 1 is 1.32 bits per heavy atom. The van der Waals surface area contributed by atoms with E-state index in [4.69, 9.17) is 9.15 Å². The number of aromatic amines is 1. The van der Waals surface area contributed by atoms with Gasteiger partial charge in [-0.15, -0.1) is 11.3 Å². The molecular formula is C19H17N3O5S. The highest BCUT2D eigenvalue weighted by molar-refractivity contribution is 7.18. The molecule has 0 aliphatic heterocycles. The van der Waals surface area contributed by atoms with Gasteiger partial charge in [0, 0.05) is 4.88 Å². The molecule has 0 fully saturated rings. The van der Waals surface area contributed by atoms with Crippen LogP contribution in [0.4, 0.5) is 0 Å². The van der Waals surface area contributed by atoms with Crippen molar-refractivity contribution in [2.24, 2.45) is 0 Å². The van der Waals surface area contributed by atoms with Gasteiger partial charge in [-0.2, -0.15) is 0 Å². The Morgan fingerprint density at radius 3 is 2.86 bits per heavy atom. The molecule has 144 valence electrons. The van der Waals surface area contributed by atoms with Gasteiger partial charge in [-0.3, -0.25) is 14.2 Å². The van der Waals surface area contributed by atoms with Crippen molar-refractivity contribution in [1.29, 1.82) is 0 Å². The standard InChI is InChI=1S/C19H17N3O5S/c1-9-11(3)28-18-15(9)17(24)20-16(21-18)10(2)26-14(23)8-22-12-6-4-5-7-13(12)27-19(22)25/h4-7,10H,8H2,1-3H3,(H,20,21,24)/t10-/m1/s1. The number of esters is 1. The van der Waals surface area contributed by atoms with Crippen LogP contribution in [0.25, 0.3) is 21.3 Å². The summed E-state index contributed by atoms with van der Waals surface area (Å²) in [5.74, 6) is -1.01. The minimum absolute atomic E-state index is 0.261. The maximum atomic E-state index is 12.4. The first-order valence-electron chi connectivity index (χ1n) is 8.63. The Labute approximate surface area is 162 Å². The van der Waals surface area contributed by atoms with E-state index in [9.17, 15) is 14.4 Å². The molecule has 0 aliphatic rings. The number of fused-ring (bicyclic) bond motifs is 2. The Morgan fingerprint density at radius 2 is 2.07 bits per heavy atom. The smallest absolute Gasteiger partial charge is 0.420 e. The predicted octanol–water partition coefficient (Wildman–Crippen LogP) is 2.81. The third-order valence-electron chi connectivity index (χ3n) is 4.61. The topological polar surface area (TPSA) is 107 Å². The number of nitrogens with zero attached hydrogens (tertiary/aromatic N) is 2. The minimum atomic E-state index is -0.777. The van der Waals surface area contributed by atoms with E-state index in [1.807, 2.05) is 13.8 Å². The Hall–Kier alpha value is -3.20. The van der Waals surface area contributed by atoms with Gasteiger partial charge >= 0.3 is 11.7 Å². The molecule has 8 nitrogen and oxygen atoms in total. The van der Waals surface area contributed by atoms with Crippen LogP contribution in [0.1, 0.15) is 29.3 Å². The number of carbonyl (C=O) groups excluding carboxylic acids is 1. The van der Waals surface area contributed by atoms with E-state index in [1.165, 1.54) is 15.9 Å². The lowest BCUT2D eigenvalue weighted by atomic mass is 10.2. The van der Waals surface area contributed by atoms with E-state index in [0.717, 1.165) is 10.4 Å². The molecule has 0 saturated heterocycles. The number of H-pyrrole nitrogens is 1. The van der Waals surface area contributed by atoms with Gasteiger partial charge in [0.25, 0.3) is 5.56 Å². The molecule has 1 atom stereocenters. The van der Waals surface area contributed by atoms with E-state index in [0.29, 0.717) is 21.3 Å². The van der Waals surface area contributed by atoms with Crippen LogP contribution < -0.4 is 11.3 Å². The van der Waals surface area contributed by atoms with Crippen LogP contribution in [0, 0.1) is 13.8 Å². The molecule has 4 rings (SSSR count). The lowest BCUT2D eigenvalue weighted by Gasteiger charge is -2.12. The number of ether oxygens (including phenoxy) is 1. The molecule has 4 aromatic rings. The number of rotatable bonds is 4. The lowest BCUT2D eigenvalue weighted by molar-refractivity contribution is -0.149. The number of aromatic nitrogens is 3. The molecule has 0 aliphatic carbocycles. The second kappa shape index (κ2) is 6.75. The molecule has 1 aromatic carbocycles. The Kier molecular flexibility index (Phi) is 4.38. The number of hydrogen-bond acceptors (Lipinski definition) is 7. The lowest BCUT2D eigenvalue weighted by Crippen LogP contribution is -2.23. The zero-order chi connectivity index (χ0) is 20.0. The largest absolute Gasteiger partial charge is 0.453 e. The molecule has 9 heteroatoms. The van der Waals surface area contributed by atoms with Crippen molar-refractivity contribution >= 4 is 38.6 Å². The molecule has 3 heterocycles. The highest BCUT2D eigenvalue weighted by atomic mass is 32.1. The van der Waals surface area contributed by atoms with Gasteiger partial charge in [0.15, 0.2) is 17.5 Å². The highest BCUT2D eigenvalue weighted by Gasteiger charge is 2.20. The number of hydrogen-bond donors (Lipinski definition) is 1.